The molecular formula is C19H24BrN2O2+. The summed E-state index contributed by atoms with van der Waals surface area (Å²) < 4.78 is 6.42. The van der Waals surface area contributed by atoms with Crippen LogP contribution in [-0.4, -0.2) is 26.1 Å². The van der Waals surface area contributed by atoms with Crippen molar-refractivity contribution < 1.29 is 14.4 Å². The Hall–Kier alpha value is -1.85. The van der Waals surface area contributed by atoms with Gasteiger partial charge in [-0.05, 0) is 30.7 Å². The molecule has 0 bridgehead atoms. The van der Waals surface area contributed by atoms with Crippen LogP contribution in [0.4, 0.5) is 0 Å². The van der Waals surface area contributed by atoms with Crippen LogP contribution < -0.4 is 15.0 Å². The molecule has 2 rings (SSSR count). The third kappa shape index (κ3) is 5.08. The smallest absolute Gasteiger partial charge is 0.278 e. The molecule has 4 nitrogen and oxygen atoms in total. The Morgan fingerprint density at radius 2 is 1.96 bits per heavy atom. The molecule has 0 saturated carbocycles. The number of rotatable bonds is 7. The van der Waals surface area contributed by atoms with Crippen LogP contribution >= 0.6 is 15.9 Å². The molecule has 0 radical (unpaired) electrons. The van der Waals surface area contributed by atoms with Gasteiger partial charge < -0.3 is 15.0 Å². The summed E-state index contributed by atoms with van der Waals surface area (Å²) in [5.41, 5.74) is 2.18. The fraction of sp³-hybridized carbons (Fsp3) is 0.316. The van der Waals surface area contributed by atoms with Gasteiger partial charge >= 0.3 is 0 Å². The lowest BCUT2D eigenvalue weighted by atomic mass is 10.1. The first-order chi connectivity index (χ1) is 11.5. The van der Waals surface area contributed by atoms with Crippen molar-refractivity contribution in [1.82, 2.24) is 5.32 Å². The van der Waals surface area contributed by atoms with Gasteiger partial charge in [-0.25, -0.2) is 0 Å². The summed E-state index contributed by atoms with van der Waals surface area (Å²) in [5.74, 6) is 0.889. The zero-order valence-corrected chi connectivity index (χ0v) is 15.9. The van der Waals surface area contributed by atoms with Crippen LogP contribution in [-0.2, 0) is 17.9 Å². The van der Waals surface area contributed by atoms with Gasteiger partial charge in [-0.3, -0.25) is 4.79 Å². The minimum Gasteiger partial charge on any atom is -0.496 e. The Morgan fingerprint density at radius 1 is 1.25 bits per heavy atom. The van der Waals surface area contributed by atoms with Crippen LogP contribution in [0.1, 0.15) is 18.1 Å². The number of benzene rings is 2. The van der Waals surface area contributed by atoms with E-state index in [-0.39, 0.29) is 11.9 Å². The van der Waals surface area contributed by atoms with Crippen molar-refractivity contribution in [2.75, 3.05) is 14.2 Å². The van der Waals surface area contributed by atoms with Crippen molar-refractivity contribution in [3.63, 3.8) is 0 Å². The monoisotopic (exact) mass is 391 g/mol. The standard InChI is InChI=1S/C19H23BrN2O2/c1-14(19(23)21-12-15-7-5-4-6-8-15)22(2)13-16-11-17(20)9-10-18(16)24-3/h4-11,14H,12-13H2,1-3H3,(H,21,23)/p+1/t14-/m1/s1. The average Bonchev–Trinajstić information content (AvgIpc) is 2.60. The predicted molar refractivity (Wildman–Crippen MR) is 99.0 cm³/mol. The second kappa shape index (κ2) is 8.85. The quantitative estimate of drug-likeness (QED) is 0.759. The molecule has 1 unspecified atom stereocenters. The van der Waals surface area contributed by atoms with E-state index >= 15 is 0 Å². The fourth-order valence-corrected chi connectivity index (χ4v) is 2.91. The van der Waals surface area contributed by atoms with Gasteiger partial charge in [-0.15, -0.1) is 0 Å². The van der Waals surface area contributed by atoms with Gasteiger partial charge in [0.25, 0.3) is 5.91 Å². The number of nitrogens with one attached hydrogen (secondary N) is 2. The molecule has 0 aliphatic carbocycles. The zero-order valence-electron chi connectivity index (χ0n) is 14.3. The molecule has 0 spiro atoms. The first kappa shape index (κ1) is 18.5. The van der Waals surface area contributed by atoms with Crippen LogP contribution in [0.25, 0.3) is 0 Å². The number of carbonyl (C=O) groups is 1. The van der Waals surface area contributed by atoms with Crippen molar-refractivity contribution in [3.8, 4) is 5.75 Å². The fourth-order valence-electron chi connectivity index (χ4n) is 2.50. The van der Waals surface area contributed by atoms with Crippen molar-refractivity contribution in [2.24, 2.45) is 0 Å². The Kier molecular flexibility index (Phi) is 6.82. The molecular weight excluding hydrogens is 368 g/mol. The summed E-state index contributed by atoms with van der Waals surface area (Å²) in [6.07, 6.45) is 0. The third-order valence-electron chi connectivity index (χ3n) is 4.15. The van der Waals surface area contributed by atoms with Crippen molar-refractivity contribution in [2.45, 2.75) is 26.1 Å². The highest BCUT2D eigenvalue weighted by Crippen LogP contribution is 2.22. The van der Waals surface area contributed by atoms with Crippen LogP contribution in [0, 0.1) is 0 Å². The van der Waals surface area contributed by atoms with Gasteiger partial charge in [0.15, 0.2) is 6.04 Å². The third-order valence-corrected chi connectivity index (χ3v) is 4.65. The minimum atomic E-state index is -0.155. The lowest BCUT2D eigenvalue weighted by molar-refractivity contribution is -0.908. The molecule has 0 fully saturated rings. The van der Waals surface area contributed by atoms with E-state index in [1.807, 2.05) is 62.5 Å². The number of ether oxygens (including phenoxy) is 1. The number of quaternary nitrogens is 1. The summed E-state index contributed by atoms with van der Waals surface area (Å²) >= 11 is 3.49. The minimum absolute atomic E-state index is 0.0466. The molecule has 5 heteroatoms. The van der Waals surface area contributed by atoms with Crippen molar-refractivity contribution in [3.05, 3.63) is 64.1 Å². The highest BCUT2D eigenvalue weighted by molar-refractivity contribution is 9.10. The van der Waals surface area contributed by atoms with E-state index in [4.69, 9.17) is 4.74 Å². The zero-order chi connectivity index (χ0) is 17.5. The van der Waals surface area contributed by atoms with E-state index in [2.05, 4.69) is 21.2 Å². The average molecular weight is 392 g/mol. The number of hydrogen-bond donors (Lipinski definition) is 2. The van der Waals surface area contributed by atoms with E-state index < -0.39 is 0 Å². The van der Waals surface area contributed by atoms with E-state index in [1.54, 1.807) is 7.11 Å². The molecule has 0 heterocycles. The number of amides is 1. The molecule has 0 aliphatic heterocycles. The topological polar surface area (TPSA) is 42.8 Å². The molecule has 2 aromatic rings. The molecule has 24 heavy (non-hydrogen) atoms. The lowest BCUT2D eigenvalue weighted by Gasteiger charge is -2.22. The molecule has 2 atom stereocenters. The van der Waals surface area contributed by atoms with E-state index in [0.717, 1.165) is 26.2 Å². The van der Waals surface area contributed by atoms with Crippen LogP contribution in [0.5, 0.6) is 5.75 Å². The second-order valence-electron chi connectivity index (χ2n) is 5.90. The molecule has 2 N–H and O–H groups in total. The Bertz CT molecular complexity index is 676. The van der Waals surface area contributed by atoms with Gasteiger partial charge in [-0.2, -0.15) is 0 Å². The number of methoxy groups -OCH3 is 1. The largest absolute Gasteiger partial charge is 0.496 e. The van der Waals surface area contributed by atoms with E-state index in [1.165, 1.54) is 0 Å². The normalized spacial score (nSPS) is 13.2. The van der Waals surface area contributed by atoms with Gasteiger partial charge in [0.05, 0.1) is 14.2 Å². The Labute approximate surface area is 151 Å². The SMILES string of the molecule is COc1ccc(Br)cc1C[NH+](C)[C@H](C)C(=O)NCc1ccccc1. The summed E-state index contributed by atoms with van der Waals surface area (Å²) in [6, 6.07) is 15.7. The Morgan fingerprint density at radius 3 is 2.62 bits per heavy atom. The number of halogens is 1. The summed E-state index contributed by atoms with van der Waals surface area (Å²) in [7, 11) is 3.69. The van der Waals surface area contributed by atoms with E-state index in [9.17, 15) is 4.79 Å². The molecule has 1 amide bonds. The summed E-state index contributed by atoms with van der Waals surface area (Å²) in [5, 5.41) is 3.01. The van der Waals surface area contributed by atoms with Gasteiger partial charge in [0, 0.05) is 16.6 Å². The van der Waals surface area contributed by atoms with Crippen LogP contribution in [0.3, 0.4) is 0 Å². The Balaban J connectivity index is 1.95. The molecule has 0 saturated heterocycles. The predicted octanol–water partition coefficient (Wildman–Crippen LogP) is 2.18. The van der Waals surface area contributed by atoms with Gasteiger partial charge in [-0.1, -0.05) is 46.3 Å². The molecule has 0 aliphatic rings. The second-order valence-corrected chi connectivity index (χ2v) is 6.82. The molecule has 128 valence electrons. The maximum atomic E-state index is 12.4. The number of carbonyl (C=O) groups excluding carboxylic acids is 1. The number of likely N-dealkylation sites (N-methyl/N-ethyl adjacent to an activating group) is 1. The maximum Gasteiger partial charge on any atom is 0.278 e. The first-order valence-corrected chi connectivity index (χ1v) is 8.77. The molecule has 2 aromatic carbocycles. The lowest BCUT2D eigenvalue weighted by Crippen LogP contribution is -3.12. The first-order valence-electron chi connectivity index (χ1n) is 7.97. The summed E-state index contributed by atoms with van der Waals surface area (Å²) in [4.78, 5) is 13.5. The van der Waals surface area contributed by atoms with Gasteiger partial charge in [0.2, 0.25) is 0 Å². The van der Waals surface area contributed by atoms with Crippen molar-refractivity contribution in [1.29, 1.82) is 0 Å². The number of hydrogen-bond acceptors (Lipinski definition) is 2. The summed E-state index contributed by atoms with van der Waals surface area (Å²) in [6.45, 7) is 3.21. The highest BCUT2D eigenvalue weighted by Gasteiger charge is 2.22. The van der Waals surface area contributed by atoms with Crippen LogP contribution in [0.2, 0.25) is 0 Å². The highest BCUT2D eigenvalue weighted by atomic mass is 79.9. The molecule has 0 aromatic heterocycles. The van der Waals surface area contributed by atoms with E-state index in [0.29, 0.717) is 13.1 Å². The van der Waals surface area contributed by atoms with Gasteiger partial charge in [0.1, 0.15) is 12.3 Å². The van der Waals surface area contributed by atoms with Crippen molar-refractivity contribution >= 4 is 21.8 Å². The van der Waals surface area contributed by atoms with Crippen LogP contribution in [0.15, 0.2) is 53.0 Å². The maximum absolute atomic E-state index is 12.4.